The number of benzene rings is 18. The van der Waals surface area contributed by atoms with Crippen LogP contribution in [0.25, 0.3) is 151 Å². The van der Waals surface area contributed by atoms with Crippen molar-refractivity contribution in [2.24, 2.45) is 0 Å². The van der Waals surface area contributed by atoms with Crippen molar-refractivity contribution in [2.75, 3.05) is 14.7 Å². The van der Waals surface area contributed by atoms with Gasteiger partial charge >= 0.3 is 0 Å². The molecule has 8 heteroatoms. The van der Waals surface area contributed by atoms with E-state index in [4.69, 9.17) is 4.42 Å². The Morgan fingerprint density at radius 3 is 1.09 bits per heavy atom. The van der Waals surface area contributed by atoms with Gasteiger partial charge in [0.05, 0.1) is 22.1 Å². The molecule has 5 aromatic heterocycles. The van der Waals surface area contributed by atoms with Gasteiger partial charge in [0.25, 0.3) is 0 Å². The fourth-order valence-corrected chi connectivity index (χ4v) is 19.6. The van der Waals surface area contributed by atoms with Crippen LogP contribution in [0.3, 0.4) is 0 Å². The van der Waals surface area contributed by atoms with Crippen LogP contribution in [0.15, 0.2) is 435 Å². The van der Waals surface area contributed by atoms with E-state index in [0.29, 0.717) is 0 Å². The summed E-state index contributed by atoms with van der Waals surface area (Å²) in [5.74, 6) is 0. The van der Waals surface area contributed by atoms with Crippen LogP contribution in [-0.2, 0) is 0 Å². The first-order valence-electron chi connectivity index (χ1n) is 39.3. The normalized spacial score (nSPS) is 11.6. The molecule has 0 aliphatic rings. The number of rotatable bonds is 14. The lowest BCUT2D eigenvalue weighted by atomic mass is 10.0. The highest BCUT2D eigenvalue weighted by Gasteiger charge is 2.24. The molecule has 0 aliphatic carbocycles. The summed E-state index contributed by atoms with van der Waals surface area (Å²) in [5, 5.41) is 12.4. The van der Waals surface area contributed by atoms with E-state index in [1.807, 2.05) is 34.8 Å². The highest BCUT2D eigenvalue weighted by molar-refractivity contribution is 7.26. The Morgan fingerprint density at radius 1 is 0.172 bits per heavy atom. The summed E-state index contributed by atoms with van der Waals surface area (Å²) in [7, 11) is 0. The minimum atomic E-state index is 0.878. The second-order valence-corrected chi connectivity index (χ2v) is 31.7. The molecule has 0 radical (unpaired) electrons. The summed E-state index contributed by atoms with van der Waals surface area (Å²) >= 11 is 3.69. The molecule has 0 amide bonds. The zero-order chi connectivity index (χ0) is 76.6. The summed E-state index contributed by atoms with van der Waals surface area (Å²) < 4.78 is 16.3. The van der Waals surface area contributed by atoms with Gasteiger partial charge in [-0.1, -0.05) is 249 Å². The van der Waals surface area contributed by atoms with E-state index in [1.54, 1.807) is 0 Å². The quantitative estimate of drug-likeness (QED) is 0.109. The van der Waals surface area contributed by atoms with E-state index in [1.165, 1.54) is 101 Å². The van der Waals surface area contributed by atoms with Gasteiger partial charge in [-0.15, -0.1) is 22.7 Å². The number of para-hydroxylation sites is 7. The molecular formula is C108H71N5OS2. The molecule has 0 spiro atoms. The zero-order valence-electron chi connectivity index (χ0n) is 63.0. The molecule has 116 heavy (non-hydrogen) atoms. The van der Waals surface area contributed by atoms with Crippen molar-refractivity contribution >= 4 is 180 Å². The lowest BCUT2D eigenvalue weighted by Gasteiger charge is -2.30. The van der Waals surface area contributed by atoms with Crippen LogP contribution in [0.2, 0.25) is 0 Å². The highest BCUT2D eigenvalue weighted by atomic mass is 32.1. The first-order chi connectivity index (χ1) is 57.5. The minimum Gasteiger partial charge on any atom is -0.456 e. The molecule has 18 aromatic carbocycles. The Balaban J connectivity index is 0.000000144. The standard InChI is InChI=1S/C60H41N3S.C48H30N2OS/c1-4-16-42(17-5-1)43-28-32-48(33-29-43)62(50-36-37-60-56(41-50)55-24-12-15-27-59(55)64-60)52-39-45(38-51(40-52)61(46-18-6-2-7-19-46)47-20-8-3-9-21-47)44-30-34-49(35-31-44)63-57-25-13-10-22-53(57)54-23-11-14-26-58(54)63;1-5-16-43-37(12-1)38-13-2-6-17-44(38)50(43)33-22-20-31(21-23-33)32-10-9-11-34(28-32)49(35-24-26-40-39-14-3-7-18-45(39)51-46(40)29-35)36-25-27-42-41-15-4-8-19-47(41)52-48(42)30-36/h1-41H;1-30H. The molecule has 0 bridgehead atoms. The molecule has 23 rings (SSSR count). The smallest absolute Gasteiger partial charge is 0.137 e. The number of anilines is 9. The second-order valence-electron chi connectivity index (χ2n) is 29.5. The monoisotopic (exact) mass is 1520 g/mol. The van der Waals surface area contributed by atoms with E-state index in [-0.39, 0.29) is 0 Å². The van der Waals surface area contributed by atoms with Crippen LogP contribution in [0.1, 0.15) is 0 Å². The SMILES string of the molecule is c1cc(-c2ccc(-n3c4ccccc4c4ccccc43)cc2)cc(N(c2ccc3c(c2)oc2ccccc23)c2ccc3c(c2)sc2ccccc23)c1.c1ccc(-c2ccc(N(c3cc(-c4ccc(-n5c6ccccc6c6ccccc65)cc4)cc(N(c4ccccc4)c4ccccc4)c3)c3ccc4sc5ccccc5c4c3)cc2)cc1. The number of nitrogens with zero attached hydrogens (tertiary/aromatic N) is 5. The van der Waals surface area contributed by atoms with Crippen LogP contribution in [0, 0.1) is 0 Å². The summed E-state index contributed by atoms with van der Waals surface area (Å²) in [6, 6.07) is 156. The molecule has 0 aliphatic heterocycles. The fourth-order valence-electron chi connectivity index (χ4n) is 17.3. The summed E-state index contributed by atoms with van der Waals surface area (Å²) in [4.78, 5) is 7.15. The molecule has 23 aromatic rings. The van der Waals surface area contributed by atoms with E-state index >= 15 is 0 Å². The third-order valence-electron chi connectivity index (χ3n) is 22.7. The average molecular weight is 1520 g/mol. The first-order valence-corrected chi connectivity index (χ1v) is 41.0. The van der Waals surface area contributed by atoms with Crippen LogP contribution >= 0.6 is 22.7 Å². The molecule has 5 heterocycles. The lowest BCUT2D eigenvalue weighted by Crippen LogP contribution is -2.13. The van der Waals surface area contributed by atoms with Gasteiger partial charge in [0, 0.05) is 141 Å². The highest BCUT2D eigenvalue weighted by Crippen LogP contribution is 2.48. The third kappa shape index (κ3) is 12.1. The summed E-state index contributed by atoms with van der Waals surface area (Å²) in [6.07, 6.45) is 0. The maximum absolute atomic E-state index is 6.39. The van der Waals surface area contributed by atoms with Crippen molar-refractivity contribution in [3.05, 3.63) is 431 Å². The fraction of sp³-hybridized carbons (Fsp3) is 0. The molecule has 546 valence electrons. The van der Waals surface area contributed by atoms with Crippen molar-refractivity contribution in [2.45, 2.75) is 0 Å². The first kappa shape index (κ1) is 68.0. The Kier molecular flexibility index (Phi) is 16.9. The molecule has 0 atom stereocenters. The maximum Gasteiger partial charge on any atom is 0.137 e. The molecule has 0 unspecified atom stereocenters. The lowest BCUT2D eigenvalue weighted by molar-refractivity contribution is 0.669. The van der Waals surface area contributed by atoms with Crippen LogP contribution < -0.4 is 14.7 Å². The number of furan rings is 1. The number of hydrogen-bond donors (Lipinski definition) is 0. The van der Waals surface area contributed by atoms with Crippen molar-refractivity contribution in [3.63, 3.8) is 0 Å². The van der Waals surface area contributed by atoms with E-state index in [0.717, 1.165) is 101 Å². The molecule has 0 fully saturated rings. The van der Waals surface area contributed by atoms with Crippen LogP contribution in [0.5, 0.6) is 0 Å². The van der Waals surface area contributed by atoms with Crippen molar-refractivity contribution < 1.29 is 4.42 Å². The van der Waals surface area contributed by atoms with Crippen molar-refractivity contribution in [1.82, 2.24) is 9.13 Å². The second kappa shape index (κ2) is 28.7. The molecule has 0 saturated carbocycles. The Labute approximate surface area is 678 Å². The maximum atomic E-state index is 6.39. The predicted molar refractivity (Wildman–Crippen MR) is 495 cm³/mol. The summed E-state index contributed by atoms with van der Waals surface area (Å²) in [5.41, 5.74) is 25.5. The van der Waals surface area contributed by atoms with Gasteiger partial charge < -0.3 is 28.3 Å². The van der Waals surface area contributed by atoms with Gasteiger partial charge in [-0.05, 0) is 209 Å². The van der Waals surface area contributed by atoms with Gasteiger partial charge in [0.15, 0.2) is 0 Å². The molecule has 0 N–H and O–H groups in total. The van der Waals surface area contributed by atoms with E-state index in [2.05, 4.69) is 442 Å². The molecule has 0 saturated heterocycles. The third-order valence-corrected chi connectivity index (χ3v) is 25.0. The molecular weight excluding hydrogens is 1450 g/mol. The largest absolute Gasteiger partial charge is 0.456 e. The van der Waals surface area contributed by atoms with Crippen molar-refractivity contribution in [1.29, 1.82) is 0 Å². The van der Waals surface area contributed by atoms with Gasteiger partial charge in [-0.25, -0.2) is 0 Å². The van der Waals surface area contributed by atoms with Gasteiger partial charge in [0.1, 0.15) is 11.2 Å². The van der Waals surface area contributed by atoms with E-state index < -0.39 is 0 Å². The number of hydrogen-bond acceptors (Lipinski definition) is 6. The zero-order valence-corrected chi connectivity index (χ0v) is 64.6. The molecule has 6 nitrogen and oxygen atoms in total. The van der Waals surface area contributed by atoms with Gasteiger partial charge in [-0.3, -0.25) is 0 Å². The Hall–Kier alpha value is -14.8. The van der Waals surface area contributed by atoms with E-state index in [9.17, 15) is 0 Å². The number of thiophene rings is 2. The number of aromatic nitrogens is 2. The Bertz CT molecular complexity index is 7390. The topological polar surface area (TPSA) is 32.7 Å². The van der Waals surface area contributed by atoms with Crippen LogP contribution in [-0.4, -0.2) is 9.13 Å². The average Bonchev–Trinajstić information content (AvgIpc) is 1.60. The minimum absolute atomic E-state index is 0.878. The predicted octanol–water partition coefficient (Wildman–Crippen LogP) is 31.6. The van der Waals surface area contributed by atoms with Gasteiger partial charge in [-0.2, -0.15) is 0 Å². The summed E-state index contributed by atoms with van der Waals surface area (Å²) in [6.45, 7) is 0. The van der Waals surface area contributed by atoms with Crippen molar-refractivity contribution in [3.8, 4) is 44.8 Å². The van der Waals surface area contributed by atoms with Gasteiger partial charge in [0.2, 0.25) is 0 Å². The Morgan fingerprint density at radius 2 is 0.509 bits per heavy atom. The van der Waals surface area contributed by atoms with Crippen LogP contribution in [0.4, 0.5) is 51.2 Å². The number of fused-ring (bicyclic) bond motifs is 15.